The summed E-state index contributed by atoms with van der Waals surface area (Å²) < 4.78 is 9.60. The van der Waals surface area contributed by atoms with Gasteiger partial charge in [-0.2, -0.15) is 0 Å². The SMILES string of the molecule is COC(=O)COc1ccccc1C(O)C(O)CO. The number of hydrogen-bond acceptors (Lipinski definition) is 6. The molecule has 0 heterocycles. The van der Waals surface area contributed by atoms with E-state index in [4.69, 9.17) is 9.84 Å². The van der Waals surface area contributed by atoms with Crippen LogP contribution >= 0.6 is 0 Å². The summed E-state index contributed by atoms with van der Waals surface area (Å²) in [7, 11) is 1.24. The number of para-hydroxylation sites is 1. The number of carbonyl (C=O) groups is 1. The molecule has 2 atom stereocenters. The number of hydrogen-bond donors (Lipinski definition) is 3. The van der Waals surface area contributed by atoms with Gasteiger partial charge in [-0.3, -0.25) is 0 Å². The average molecular weight is 256 g/mol. The fourth-order valence-electron chi connectivity index (χ4n) is 1.36. The third kappa shape index (κ3) is 3.69. The second-order valence-electron chi connectivity index (χ2n) is 3.60. The van der Waals surface area contributed by atoms with E-state index in [0.717, 1.165) is 0 Å². The van der Waals surface area contributed by atoms with Gasteiger partial charge in [0.1, 0.15) is 18.0 Å². The van der Waals surface area contributed by atoms with E-state index in [9.17, 15) is 15.0 Å². The Morgan fingerprint density at radius 1 is 1.33 bits per heavy atom. The lowest BCUT2D eigenvalue weighted by Gasteiger charge is -2.19. The van der Waals surface area contributed by atoms with E-state index in [1.165, 1.54) is 13.2 Å². The maximum Gasteiger partial charge on any atom is 0.343 e. The summed E-state index contributed by atoms with van der Waals surface area (Å²) in [5, 5.41) is 28.0. The standard InChI is InChI=1S/C12H16O6/c1-17-11(15)7-18-10-5-3-2-4-8(10)12(16)9(14)6-13/h2-5,9,12-14,16H,6-7H2,1H3. The summed E-state index contributed by atoms with van der Waals surface area (Å²) in [6, 6.07) is 6.39. The van der Waals surface area contributed by atoms with E-state index in [2.05, 4.69) is 4.74 Å². The first-order valence-corrected chi connectivity index (χ1v) is 5.35. The number of methoxy groups -OCH3 is 1. The Labute approximate surface area is 104 Å². The van der Waals surface area contributed by atoms with Crippen molar-refractivity contribution in [1.82, 2.24) is 0 Å². The van der Waals surface area contributed by atoms with Crippen LogP contribution in [0.5, 0.6) is 5.75 Å². The van der Waals surface area contributed by atoms with Crippen molar-refractivity contribution in [3.8, 4) is 5.75 Å². The lowest BCUT2D eigenvalue weighted by Crippen LogP contribution is -2.23. The molecule has 0 saturated heterocycles. The summed E-state index contributed by atoms with van der Waals surface area (Å²) >= 11 is 0. The van der Waals surface area contributed by atoms with Crippen molar-refractivity contribution < 1.29 is 29.6 Å². The van der Waals surface area contributed by atoms with E-state index in [-0.39, 0.29) is 12.4 Å². The van der Waals surface area contributed by atoms with E-state index in [1.54, 1.807) is 18.2 Å². The Balaban J connectivity index is 2.82. The Kier molecular flexibility index (Phi) is 5.57. The van der Waals surface area contributed by atoms with Crippen molar-refractivity contribution in [1.29, 1.82) is 0 Å². The van der Waals surface area contributed by atoms with Crippen LogP contribution in [0.3, 0.4) is 0 Å². The van der Waals surface area contributed by atoms with E-state index < -0.39 is 24.8 Å². The molecule has 0 saturated carbocycles. The second-order valence-corrected chi connectivity index (χ2v) is 3.60. The van der Waals surface area contributed by atoms with Crippen molar-refractivity contribution in [2.75, 3.05) is 20.3 Å². The Morgan fingerprint density at radius 2 is 2.00 bits per heavy atom. The largest absolute Gasteiger partial charge is 0.482 e. The molecule has 0 spiro atoms. The predicted molar refractivity (Wildman–Crippen MR) is 62.0 cm³/mol. The molecule has 100 valence electrons. The zero-order chi connectivity index (χ0) is 13.5. The van der Waals surface area contributed by atoms with Gasteiger partial charge in [0.2, 0.25) is 0 Å². The molecular weight excluding hydrogens is 240 g/mol. The van der Waals surface area contributed by atoms with E-state index >= 15 is 0 Å². The maximum absolute atomic E-state index is 11.0. The number of benzene rings is 1. The van der Waals surface area contributed by atoms with Crippen molar-refractivity contribution in [3.05, 3.63) is 29.8 Å². The highest BCUT2D eigenvalue weighted by atomic mass is 16.6. The number of esters is 1. The van der Waals surface area contributed by atoms with Crippen LogP contribution in [-0.2, 0) is 9.53 Å². The predicted octanol–water partition coefficient (Wildman–Crippen LogP) is -0.375. The summed E-state index contributed by atoms with van der Waals surface area (Å²) in [6.07, 6.45) is -2.60. The smallest absolute Gasteiger partial charge is 0.343 e. The molecule has 0 aromatic heterocycles. The molecule has 6 heteroatoms. The van der Waals surface area contributed by atoms with Crippen LogP contribution in [0.2, 0.25) is 0 Å². The zero-order valence-electron chi connectivity index (χ0n) is 9.94. The van der Waals surface area contributed by atoms with Gasteiger partial charge in [-0.05, 0) is 6.07 Å². The third-order valence-corrected chi connectivity index (χ3v) is 2.36. The van der Waals surface area contributed by atoms with Gasteiger partial charge in [0, 0.05) is 5.56 Å². The Morgan fingerprint density at radius 3 is 2.61 bits per heavy atom. The average Bonchev–Trinajstić information content (AvgIpc) is 2.43. The number of ether oxygens (including phenoxy) is 2. The molecule has 0 aliphatic heterocycles. The van der Waals surface area contributed by atoms with Crippen LogP contribution in [0.25, 0.3) is 0 Å². The number of aliphatic hydroxyl groups is 3. The van der Waals surface area contributed by atoms with Crippen LogP contribution in [0.1, 0.15) is 11.7 Å². The molecule has 1 rings (SSSR count). The quantitative estimate of drug-likeness (QED) is 0.601. The molecule has 18 heavy (non-hydrogen) atoms. The van der Waals surface area contributed by atoms with Crippen molar-refractivity contribution in [3.63, 3.8) is 0 Å². The molecule has 2 unspecified atom stereocenters. The molecule has 3 N–H and O–H groups in total. The molecule has 6 nitrogen and oxygen atoms in total. The molecular formula is C12H16O6. The van der Waals surface area contributed by atoms with Crippen LogP contribution < -0.4 is 4.74 Å². The number of carbonyl (C=O) groups excluding carboxylic acids is 1. The van der Waals surface area contributed by atoms with Gasteiger partial charge in [-0.1, -0.05) is 18.2 Å². The first-order chi connectivity index (χ1) is 8.60. The summed E-state index contributed by atoms with van der Waals surface area (Å²) in [5.41, 5.74) is 0.294. The van der Waals surface area contributed by atoms with E-state index in [1.807, 2.05) is 0 Å². The fraction of sp³-hybridized carbons (Fsp3) is 0.417. The van der Waals surface area contributed by atoms with Gasteiger partial charge in [-0.15, -0.1) is 0 Å². The molecule has 0 aliphatic carbocycles. The number of aliphatic hydroxyl groups excluding tert-OH is 3. The molecule has 0 bridgehead atoms. The van der Waals surface area contributed by atoms with Crippen LogP contribution in [0.15, 0.2) is 24.3 Å². The highest BCUT2D eigenvalue weighted by Gasteiger charge is 2.21. The summed E-state index contributed by atoms with van der Waals surface area (Å²) in [4.78, 5) is 11.0. The zero-order valence-corrected chi connectivity index (χ0v) is 9.94. The normalized spacial score (nSPS) is 13.8. The summed E-state index contributed by atoms with van der Waals surface area (Å²) in [5.74, 6) is -0.301. The molecule has 0 aliphatic rings. The van der Waals surface area contributed by atoms with Gasteiger partial charge >= 0.3 is 5.97 Å². The van der Waals surface area contributed by atoms with Gasteiger partial charge in [0.15, 0.2) is 6.61 Å². The lowest BCUT2D eigenvalue weighted by molar-refractivity contribution is -0.143. The van der Waals surface area contributed by atoms with Gasteiger partial charge in [0.25, 0.3) is 0 Å². The second kappa shape index (κ2) is 6.95. The first-order valence-electron chi connectivity index (χ1n) is 5.35. The van der Waals surface area contributed by atoms with Gasteiger partial charge < -0.3 is 24.8 Å². The van der Waals surface area contributed by atoms with E-state index in [0.29, 0.717) is 5.56 Å². The van der Waals surface area contributed by atoms with Crippen LogP contribution in [0, 0.1) is 0 Å². The number of rotatable bonds is 6. The van der Waals surface area contributed by atoms with Crippen LogP contribution in [0.4, 0.5) is 0 Å². The minimum atomic E-state index is -1.31. The monoisotopic (exact) mass is 256 g/mol. The molecule has 0 fully saturated rings. The summed E-state index contributed by atoms with van der Waals surface area (Å²) in [6.45, 7) is -0.873. The Bertz CT molecular complexity index is 392. The van der Waals surface area contributed by atoms with Gasteiger partial charge in [0.05, 0.1) is 13.7 Å². The first kappa shape index (κ1) is 14.4. The van der Waals surface area contributed by atoms with Crippen molar-refractivity contribution in [2.24, 2.45) is 0 Å². The molecule has 1 aromatic carbocycles. The maximum atomic E-state index is 11.0. The molecule has 0 amide bonds. The molecule has 0 radical (unpaired) electrons. The minimum Gasteiger partial charge on any atom is -0.482 e. The highest BCUT2D eigenvalue weighted by molar-refractivity contribution is 5.70. The minimum absolute atomic E-state index is 0.253. The fourth-order valence-corrected chi connectivity index (χ4v) is 1.36. The van der Waals surface area contributed by atoms with Crippen LogP contribution in [-0.4, -0.2) is 47.7 Å². The van der Waals surface area contributed by atoms with Crippen molar-refractivity contribution in [2.45, 2.75) is 12.2 Å². The lowest BCUT2D eigenvalue weighted by atomic mass is 10.0. The van der Waals surface area contributed by atoms with Gasteiger partial charge in [-0.25, -0.2) is 4.79 Å². The highest BCUT2D eigenvalue weighted by Crippen LogP contribution is 2.27. The van der Waals surface area contributed by atoms with Crippen molar-refractivity contribution >= 4 is 5.97 Å². The topological polar surface area (TPSA) is 96.2 Å². The molecule has 1 aromatic rings. The Hall–Kier alpha value is -1.63. The third-order valence-electron chi connectivity index (χ3n) is 2.36.